The van der Waals surface area contributed by atoms with Crippen molar-refractivity contribution in [3.8, 4) is 0 Å². The summed E-state index contributed by atoms with van der Waals surface area (Å²) in [4.78, 5) is 19.1. The van der Waals surface area contributed by atoms with Gasteiger partial charge in [0, 0.05) is 6.42 Å². The molecule has 100 valence electrons. The average molecular weight is 257 g/mol. The van der Waals surface area contributed by atoms with Gasteiger partial charge in [-0.3, -0.25) is 4.79 Å². The number of nitrogen functional groups attached to an aromatic ring is 1. The third-order valence-corrected chi connectivity index (χ3v) is 3.10. The van der Waals surface area contributed by atoms with Crippen molar-refractivity contribution in [2.24, 2.45) is 0 Å². The summed E-state index contributed by atoms with van der Waals surface area (Å²) in [5.41, 5.74) is 8.61. The fourth-order valence-corrected chi connectivity index (χ4v) is 2.09. The smallest absolute Gasteiger partial charge is 0.256 e. The van der Waals surface area contributed by atoms with Crippen molar-refractivity contribution in [1.82, 2.24) is 9.97 Å². The fraction of sp³-hybridized carbons (Fsp3) is 0.333. The molecule has 4 nitrogen and oxygen atoms in total. The van der Waals surface area contributed by atoms with Gasteiger partial charge in [-0.1, -0.05) is 43.7 Å². The quantitative estimate of drug-likeness (QED) is 0.886. The summed E-state index contributed by atoms with van der Waals surface area (Å²) in [5.74, 6) is 1.02. The molecule has 1 heterocycles. The van der Waals surface area contributed by atoms with Gasteiger partial charge < -0.3 is 10.7 Å². The van der Waals surface area contributed by atoms with E-state index >= 15 is 0 Å². The van der Waals surface area contributed by atoms with Crippen LogP contribution in [-0.2, 0) is 6.42 Å². The van der Waals surface area contributed by atoms with Crippen LogP contribution in [0.15, 0.2) is 29.1 Å². The van der Waals surface area contributed by atoms with Crippen LogP contribution in [0.2, 0.25) is 0 Å². The number of rotatable bonds is 3. The van der Waals surface area contributed by atoms with E-state index in [2.05, 4.69) is 9.97 Å². The molecule has 0 aliphatic heterocycles. The van der Waals surface area contributed by atoms with Crippen LogP contribution in [0, 0.1) is 6.92 Å². The lowest BCUT2D eigenvalue weighted by Crippen LogP contribution is -2.20. The summed E-state index contributed by atoms with van der Waals surface area (Å²) >= 11 is 0. The summed E-state index contributed by atoms with van der Waals surface area (Å²) in [7, 11) is 0. The first kappa shape index (κ1) is 13.3. The fourth-order valence-electron chi connectivity index (χ4n) is 2.09. The Bertz CT molecular complexity index is 627. The molecular weight excluding hydrogens is 238 g/mol. The normalized spacial score (nSPS) is 10.9. The minimum atomic E-state index is -0.135. The zero-order valence-electron chi connectivity index (χ0n) is 11.5. The maximum absolute atomic E-state index is 12.0. The van der Waals surface area contributed by atoms with Gasteiger partial charge in [0.1, 0.15) is 11.6 Å². The number of nitrogens with two attached hydrogens (primary N) is 1. The Hall–Kier alpha value is -2.10. The van der Waals surface area contributed by atoms with Crippen molar-refractivity contribution in [1.29, 1.82) is 0 Å². The minimum absolute atomic E-state index is 0.0738. The van der Waals surface area contributed by atoms with E-state index in [1.54, 1.807) is 0 Å². The molecule has 2 aromatic rings. The molecule has 0 bridgehead atoms. The zero-order chi connectivity index (χ0) is 14.0. The second-order valence-electron chi connectivity index (χ2n) is 5.13. The van der Waals surface area contributed by atoms with Gasteiger partial charge in [-0.2, -0.15) is 0 Å². The van der Waals surface area contributed by atoms with Crippen molar-refractivity contribution < 1.29 is 0 Å². The SMILES string of the molecule is Cc1ccc(Cc2nc(N)c(C(C)C)c(=O)[nH]2)cc1. The summed E-state index contributed by atoms with van der Waals surface area (Å²) in [6, 6.07) is 8.14. The van der Waals surface area contributed by atoms with E-state index in [1.807, 2.05) is 45.0 Å². The number of nitrogens with zero attached hydrogens (tertiary/aromatic N) is 1. The summed E-state index contributed by atoms with van der Waals surface area (Å²) in [6.45, 7) is 5.91. The minimum Gasteiger partial charge on any atom is -0.383 e. The van der Waals surface area contributed by atoms with Crippen LogP contribution in [-0.4, -0.2) is 9.97 Å². The topological polar surface area (TPSA) is 71.8 Å². The number of aromatic nitrogens is 2. The summed E-state index contributed by atoms with van der Waals surface area (Å²) < 4.78 is 0. The summed E-state index contributed by atoms with van der Waals surface area (Å²) in [6.07, 6.45) is 0.581. The first-order valence-electron chi connectivity index (χ1n) is 6.41. The van der Waals surface area contributed by atoms with Crippen LogP contribution < -0.4 is 11.3 Å². The van der Waals surface area contributed by atoms with E-state index in [4.69, 9.17) is 5.73 Å². The molecule has 0 radical (unpaired) electrons. The molecule has 4 heteroatoms. The summed E-state index contributed by atoms with van der Waals surface area (Å²) in [5, 5.41) is 0. The highest BCUT2D eigenvalue weighted by Crippen LogP contribution is 2.15. The molecule has 0 atom stereocenters. The maximum atomic E-state index is 12.0. The van der Waals surface area contributed by atoms with Crippen molar-refractivity contribution in [2.45, 2.75) is 33.1 Å². The van der Waals surface area contributed by atoms with Crippen molar-refractivity contribution in [2.75, 3.05) is 5.73 Å². The van der Waals surface area contributed by atoms with Gasteiger partial charge in [0.05, 0.1) is 5.56 Å². The van der Waals surface area contributed by atoms with Gasteiger partial charge in [-0.05, 0) is 18.4 Å². The highest BCUT2D eigenvalue weighted by molar-refractivity contribution is 5.40. The van der Waals surface area contributed by atoms with Crippen LogP contribution >= 0.6 is 0 Å². The van der Waals surface area contributed by atoms with Gasteiger partial charge in [0.25, 0.3) is 5.56 Å². The van der Waals surface area contributed by atoms with E-state index in [9.17, 15) is 4.79 Å². The number of nitrogens with one attached hydrogen (secondary N) is 1. The molecule has 0 saturated carbocycles. The monoisotopic (exact) mass is 257 g/mol. The molecular formula is C15H19N3O. The maximum Gasteiger partial charge on any atom is 0.256 e. The van der Waals surface area contributed by atoms with Gasteiger partial charge in [-0.15, -0.1) is 0 Å². The van der Waals surface area contributed by atoms with E-state index < -0.39 is 0 Å². The number of aryl methyl sites for hydroxylation is 1. The lowest BCUT2D eigenvalue weighted by molar-refractivity contribution is 0.817. The highest BCUT2D eigenvalue weighted by atomic mass is 16.1. The largest absolute Gasteiger partial charge is 0.383 e. The first-order valence-corrected chi connectivity index (χ1v) is 6.41. The number of anilines is 1. The number of hydrogen-bond acceptors (Lipinski definition) is 3. The average Bonchev–Trinajstić information content (AvgIpc) is 2.30. The second-order valence-corrected chi connectivity index (χ2v) is 5.13. The predicted molar refractivity (Wildman–Crippen MR) is 77.3 cm³/mol. The van der Waals surface area contributed by atoms with Crippen molar-refractivity contribution in [3.05, 3.63) is 57.1 Å². The lowest BCUT2D eigenvalue weighted by atomic mass is 10.1. The number of benzene rings is 1. The third kappa shape index (κ3) is 3.02. The molecule has 0 fully saturated rings. The van der Waals surface area contributed by atoms with E-state index in [0.717, 1.165) is 5.56 Å². The lowest BCUT2D eigenvalue weighted by Gasteiger charge is -2.09. The first-order chi connectivity index (χ1) is 8.97. The van der Waals surface area contributed by atoms with Crippen LogP contribution in [0.25, 0.3) is 0 Å². The van der Waals surface area contributed by atoms with Gasteiger partial charge >= 0.3 is 0 Å². The Labute approximate surface area is 112 Å². The van der Waals surface area contributed by atoms with Gasteiger partial charge in [0.2, 0.25) is 0 Å². The molecule has 1 aromatic heterocycles. The number of H-pyrrole nitrogens is 1. The molecule has 0 amide bonds. The molecule has 0 aliphatic rings. The third-order valence-electron chi connectivity index (χ3n) is 3.10. The van der Waals surface area contributed by atoms with E-state index in [0.29, 0.717) is 23.6 Å². The predicted octanol–water partition coefficient (Wildman–Crippen LogP) is 2.37. The number of aromatic amines is 1. The standard InChI is InChI=1S/C15H19N3O/c1-9(2)13-14(16)17-12(18-15(13)19)8-11-6-4-10(3)5-7-11/h4-7,9H,8H2,1-3H3,(H3,16,17,18,19). The van der Waals surface area contributed by atoms with E-state index in [1.165, 1.54) is 5.56 Å². The van der Waals surface area contributed by atoms with Crippen LogP contribution in [0.3, 0.4) is 0 Å². The highest BCUT2D eigenvalue weighted by Gasteiger charge is 2.12. The Morgan fingerprint density at radius 1 is 1.26 bits per heavy atom. The van der Waals surface area contributed by atoms with Crippen molar-refractivity contribution in [3.63, 3.8) is 0 Å². The zero-order valence-corrected chi connectivity index (χ0v) is 11.5. The molecule has 2 rings (SSSR count). The van der Waals surface area contributed by atoms with Crippen LogP contribution in [0.1, 0.15) is 42.3 Å². The van der Waals surface area contributed by atoms with Crippen LogP contribution in [0.4, 0.5) is 5.82 Å². The molecule has 19 heavy (non-hydrogen) atoms. The molecule has 0 aliphatic carbocycles. The Balaban J connectivity index is 2.32. The molecule has 1 aromatic carbocycles. The number of hydrogen-bond donors (Lipinski definition) is 2. The van der Waals surface area contributed by atoms with E-state index in [-0.39, 0.29) is 11.5 Å². The molecule has 3 N–H and O–H groups in total. The van der Waals surface area contributed by atoms with Crippen LogP contribution in [0.5, 0.6) is 0 Å². The van der Waals surface area contributed by atoms with Crippen molar-refractivity contribution >= 4 is 5.82 Å². The molecule has 0 saturated heterocycles. The van der Waals surface area contributed by atoms with Gasteiger partial charge in [0.15, 0.2) is 0 Å². The Morgan fingerprint density at radius 2 is 1.89 bits per heavy atom. The Morgan fingerprint density at radius 3 is 2.42 bits per heavy atom. The molecule has 0 spiro atoms. The molecule has 0 unspecified atom stereocenters. The second kappa shape index (κ2) is 5.26. The Kier molecular flexibility index (Phi) is 3.69. The van der Waals surface area contributed by atoms with Gasteiger partial charge in [-0.25, -0.2) is 4.98 Å².